The Morgan fingerprint density at radius 2 is 1.83 bits per heavy atom. The van der Waals surface area contributed by atoms with Crippen molar-refractivity contribution in [2.24, 2.45) is 5.92 Å². The van der Waals surface area contributed by atoms with Crippen LogP contribution < -0.4 is 10.1 Å². The van der Waals surface area contributed by atoms with E-state index in [1.54, 1.807) is 31.4 Å². The van der Waals surface area contributed by atoms with Gasteiger partial charge in [-0.15, -0.1) is 0 Å². The summed E-state index contributed by atoms with van der Waals surface area (Å²) in [5.41, 5.74) is 0.521. The van der Waals surface area contributed by atoms with Crippen LogP contribution >= 0.6 is 0 Å². The van der Waals surface area contributed by atoms with Crippen LogP contribution in [0.15, 0.2) is 24.3 Å². The minimum absolute atomic E-state index is 0.0450. The number of nitrogens with one attached hydrogen (secondary N) is 1. The lowest BCUT2D eigenvalue weighted by molar-refractivity contribution is -0.141. The lowest BCUT2D eigenvalue weighted by Crippen LogP contribution is -2.33. The Balaban J connectivity index is 2.39. The standard InChI is InChI=1S/C17H23NO5/c1-3-4-13(17(21)22)11-18-16(20)10-9-15(19)12-5-7-14(23-2)8-6-12/h5-8,13H,3-4,9-11H2,1-2H3,(H,18,20)(H,21,22). The van der Waals surface area contributed by atoms with E-state index in [4.69, 9.17) is 9.84 Å². The molecule has 0 heterocycles. The normalized spacial score (nSPS) is 11.6. The van der Waals surface area contributed by atoms with Crippen LogP contribution in [0.1, 0.15) is 43.0 Å². The van der Waals surface area contributed by atoms with Crippen LogP contribution in [0.5, 0.6) is 5.75 Å². The number of carboxylic acid groups (broad SMARTS) is 1. The summed E-state index contributed by atoms with van der Waals surface area (Å²) in [5.74, 6) is -1.28. The zero-order chi connectivity index (χ0) is 17.2. The molecule has 1 aromatic carbocycles. The van der Waals surface area contributed by atoms with Gasteiger partial charge in [0.05, 0.1) is 13.0 Å². The van der Waals surface area contributed by atoms with E-state index < -0.39 is 11.9 Å². The van der Waals surface area contributed by atoms with Gasteiger partial charge in [-0.05, 0) is 30.7 Å². The molecule has 1 unspecified atom stereocenters. The number of aliphatic carboxylic acids is 1. The van der Waals surface area contributed by atoms with Crippen molar-refractivity contribution in [1.82, 2.24) is 5.32 Å². The molecule has 0 bridgehead atoms. The molecule has 0 fully saturated rings. The third-order valence-electron chi connectivity index (χ3n) is 3.52. The molecule has 6 nitrogen and oxygen atoms in total. The highest BCUT2D eigenvalue weighted by atomic mass is 16.5. The molecule has 0 aromatic heterocycles. The lowest BCUT2D eigenvalue weighted by Gasteiger charge is -2.12. The third-order valence-corrected chi connectivity index (χ3v) is 3.52. The average Bonchev–Trinajstić information content (AvgIpc) is 2.56. The highest BCUT2D eigenvalue weighted by molar-refractivity contribution is 5.98. The van der Waals surface area contributed by atoms with Gasteiger partial charge in [-0.3, -0.25) is 14.4 Å². The molecule has 23 heavy (non-hydrogen) atoms. The number of amides is 1. The number of ether oxygens (including phenoxy) is 1. The van der Waals surface area contributed by atoms with E-state index in [0.29, 0.717) is 17.7 Å². The fourth-order valence-electron chi connectivity index (χ4n) is 2.14. The molecule has 6 heteroatoms. The van der Waals surface area contributed by atoms with Gasteiger partial charge in [-0.2, -0.15) is 0 Å². The monoisotopic (exact) mass is 321 g/mol. The number of methoxy groups -OCH3 is 1. The second kappa shape index (κ2) is 9.61. The number of hydrogen-bond donors (Lipinski definition) is 2. The largest absolute Gasteiger partial charge is 0.497 e. The Morgan fingerprint density at radius 1 is 1.17 bits per heavy atom. The van der Waals surface area contributed by atoms with Gasteiger partial charge < -0.3 is 15.2 Å². The molecule has 2 N–H and O–H groups in total. The second-order valence-corrected chi connectivity index (χ2v) is 5.28. The number of carboxylic acids is 1. The fraction of sp³-hybridized carbons (Fsp3) is 0.471. The summed E-state index contributed by atoms with van der Waals surface area (Å²) in [6.07, 6.45) is 1.39. The molecule has 0 radical (unpaired) electrons. The molecule has 0 saturated heterocycles. The van der Waals surface area contributed by atoms with E-state index in [0.717, 1.165) is 6.42 Å². The van der Waals surface area contributed by atoms with Crippen LogP contribution in [-0.4, -0.2) is 36.4 Å². The van der Waals surface area contributed by atoms with Gasteiger partial charge in [0.15, 0.2) is 5.78 Å². The number of ketones is 1. The highest BCUT2D eigenvalue weighted by Crippen LogP contribution is 2.13. The zero-order valence-corrected chi connectivity index (χ0v) is 13.5. The first-order chi connectivity index (χ1) is 11.0. The lowest BCUT2D eigenvalue weighted by atomic mass is 10.0. The first kappa shape index (κ1) is 18.7. The van der Waals surface area contributed by atoms with Crippen LogP contribution in [-0.2, 0) is 9.59 Å². The number of Topliss-reactive ketones (excluding diaryl/α,β-unsaturated/α-hetero) is 1. The molecule has 1 amide bonds. The fourth-order valence-corrected chi connectivity index (χ4v) is 2.14. The minimum atomic E-state index is -0.915. The molecule has 1 atom stereocenters. The van der Waals surface area contributed by atoms with E-state index >= 15 is 0 Å². The van der Waals surface area contributed by atoms with Crippen LogP contribution in [0.2, 0.25) is 0 Å². The Morgan fingerprint density at radius 3 is 2.35 bits per heavy atom. The van der Waals surface area contributed by atoms with E-state index in [-0.39, 0.29) is 31.1 Å². The molecule has 126 valence electrons. The van der Waals surface area contributed by atoms with Gasteiger partial charge in [0.2, 0.25) is 5.91 Å². The van der Waals surface area contributed by atoms with E-state index in [1.165, 1.54) is 0 Å². The molecule has 0 aliphatic heterocycles. The van der Waals surface area contributed by atoms with Gasteiger partial charge in [-0.1, -0.05) is 13.3 Å². The van der Waals surface area contributed by atoms with Crippen LogP contribution in [0.25, 0.3) is 0 Å². The van der Waals surface area contributed by atoms with Crippen molar-refractivity contribution in [2.45, 2.75) is 32.6 Å². The van der Waals surface area contributed by atoms with Crippen LogP contribution in [0.4, 0.5) is 0 Å². The van der Waals surface area contributed by atoms with Crippen molar-refractivity contribution in [2.75, 3.05) is 13.7 Å². The van der Waals surface area contributed by atoms with Crippen molar-refractivity contribution in [3.8, 4) is 5.75 Å². The third kappa shape index (κ3) is 6.50. The number of carbonyl (C=O) groups is 3. The summed E-state index contributed by atoms with van der Waals surface area (Å²) in [6, 6.07) is 6.69. The topological polar surface area (TPSA) is 92.7 Å². The van der Waals surface area contributed by atoms with Crippen molar-refractivity contribution in [3.63, 3.8) is 0 Å². The highest BCUT2D eigenvalue weighted by Gasteiger charge is 2.17. The Kier molecular flexibility index (Phi) is 7.80. The van der Waals surface area contributed by atoms with Gasteiger partial charge in [0.1, 0.15) is 5.75 Å². The van der Waals surface area contributed by atoms with Crippen LogP contribution in [0.3, 0.4) is 0 Å². The zero-order valence-electron chi connectivity index (χ0n) is 13.5. The van der Waals surface area contributed by atoms with Crippen molar-refractivity contribution >= 4 is 17.7 Å². The molecule has 1 aromatic rings. The predicted octanol–water partition coefficient (Wildman–Crippen LogP) is 2.28. The number of carbonyl (C=O) groups excluding carboxylic acids is 2. The summed E-state index contributed by atoms with van der Waals surface area (Å²) in [4.78, 5) is 34.7. The van der Waals surface area contributed by atoms with Crippen molar-refractivity contribution < 1.29 is 24.2 Å². The van der Waals surface area contributed by atoms with E-state index in [2.05, 4.69) is 5.32 Å². The molecular formula is C17H23NO5. The van der Waals surface area contributed by atoms with Gasteiger partial charge >= 0.3 is 5.97 Å². The Bertz CT molecular complexity index is 538. The van der Waals surface area contributed by atoms with E-state index in [9.17, 15) is 14.4 Å². The maximum absolute atomic E-state index is 12.0. The molecule has 0 aliphatic rings. The summed E-state index contributed by atoms with van der Waals surface area (Å²) in [6.45, 7) is 1.99. The molecular weight excluding hydrogens is 298 g/mol. The predicted molar refractivity (Wildman–Crippen MR) is 85.6 cm³/mol. The summed E-state index contributed by atoms with van der Waals surface area (Å²) in [5, 5.41) is 11.6. The molecule has 0 spiro atoms. The quantitative estimate of drug-likeness (QED) is 0.645. The van der Waals surface area contributed by atoms with Gasteiger partial charge in [0, 0.05) is 24.9 Å². The molecule has 1 rings (SSSR count). The van der Waals surface area contributed by atoms with Crippen molar-refractivity contribution in [1.29, 1.82) is 0 Å². The second-order valence-electron chi connectivity index (χ2n) is 5.28. The Hall–Kier alpha value is -2.37. The van der Waals surface area contributed by atoms with Crippen LogP contribution in [0, 0.1) is 5.92 Å². The SMILES string of the molecule is CCCC(CNC(=O)CCC(=O)c1ccc(OC)cc1)C(=O)O. The van der Waals surface area contributed by atoms with Crippen molar-refractivity contribution in [3.05, 3.63) is 29.8 Å². The average molecular weight is 321 g/mol. The van der Waals surface area contributed by atoms with E-state index in [1.807, 2.05) is 6.92 Å². The first-order valence-electron chi connectivity index (χ1n) is 7.64. The summed E-state index contributed by atoms with van der Waals surface area (Å²) < 4.78 is 5.02. The summed E-state index contributed by atoms with van der Waals surface area (Å²) in [7, 11) is 1.55. The van der Waals surface area contributed by atoms with Gasteiger partial charge in [-0.25, -0.2) is 0 Å². The first-order valence-corrected chi connectivity index (χ1v) is 7.64. The summed E-state index contributed by atoms with van der Waals surface area (Å²) >= 11 is 0. The number of rotatable bonds is 10. The number of benzene rings is 1. The Labute approximate surface area is 135 Å². The van der Waals surface area contributed by atoms with Gasteiger partial charge in [0.25, 0.3) is 0 Å². The molecule has 0 saturated carbocycles. The molecule has 0 aliphatic carbocycles. The maximum Gasteiger partial charge on any atom is 0.308 e. The smallest absolute Gasteiger partial charge is 0.308 e. The minimum Gasteiger partial charge on any atom is -0.497 e. The maximum atomic E-state index is 12.0. The number of hydrogen-bond acceptors (Lipinski definition) is 4.